The molecule has 0 aromatic heterocycles. The van der Waals surface area contributed by atoms with Crippen molar-refractivity contribution in [2.24, 2.45) is 5.11 Å². The van der Waals surface area contributed by atoms with E-state index < -0.39 is 0 Å². The van der Waals surface area contributed by atoms with Gasteiger partial charge in [-0.25, -0.2) is 0 Å². The Bertz CT molecular complexity index is 643. The van der Waals surface area contributed by atoms with Crippen LogP contribution in [0.1, 0.15) is 10.4 Å². The third-order valence-electron chi connectivity index (χ3n) is 2.71. The second kappa shape index (κ2) is 5.71. The fourth-order valence-corrected chi connectivity index (χ4v) is 1.76. The minimum Gasteiger partial charge on any atom is -0.355 e. The minimum atomic E-state index is -0.118. The molecule has 19 heavy (non-hydrogen) atoms. The summed E-state index contributed by atoms with van der Waals surface area (Å²) in [5, 5.41) is 6.11. The standard InChI is InChI=1S/C14H12N4O/c1-16-14(19)12-4-2-3-11(9-12)10-5-7-13(8-6-10)17-18-15/h2-9H,1H3,(H,16,19). The highest BCUT2D eigenvalue weighted by molar-refractivity contribution is 5.95. The van der Waals surface area contributed by atoms with Gasteiger partial charge in [0, 0.05) is 23.2 Å². The second-order valence-corrected chi connectivity index (χ2v) is 3.90. The van der Waals surface area contributed by atoms with Crippen LogP contribution in [-0.4, -0.2) is 13.0 Å². The summed E-state index contributed by atoms with van der Waals surface area (Å²) in [7, 11) is 1.60. The first kappa shape index (κ1) is 12.7. The zero-order valence-corrected chi connectivity index (χ0v) is 10.4. The van der Waals surface area contributed by atoms with Gasteiger partial charge in [-0.05, 0) is 28.8 Å². The van der Waals surface area contributed by atoms with Gasteiger partial charge in [0.15, 0.2) is 0 Å². The zero-order chi connectivity index (χ0) is 13.7. The Kier molecular flexibility index (Phi) is 3.81. The average molecular weight is 252 g/mol. The minimum absolute atomic E-state index is 0.118. The van der Waals surface area contributed by atoms with Crippen molar-refractivity contribution < 1.29 is 4.79 Å². The molecule has 0 bridgehead atoms. The first-order valence-corrected chi connectivity index (χ1v) is 5.72. The lowest BCUT2D eigenvalue weighted by Gasteiger charge is -2.05. The van der Waals surface area contributed by atoms with Crippen LogP contribution in [0.5, 0.6) is 0 Å². The van der Waals surface area contributed by atoms with Crippen LogP contribution in [0, 0.1) is 0 Å². The molecule has 0 unspecified atom stereocenters. The van der Waals surface area contributed by atoms with Gasteiger partial charge in [-0.3, -0.25) is 4.79 Å². The number of rotatable bonds is 3. The van der Waals surface area contributed by atoms with Crippen molar-refractivity contribution in [1.29, 1.82) is 0 Å². The summed E-state index contributed by atoms with van der Waals surface area (Å²) in [5.41, 5.74) is 11.4. The third-order valence-corrected chi connectivity index (χ3v) is 2.71. The van der Waals surface area contributed by atoms with Gasteiger partial charge in [0.2, 0.25) is 0 Å². The van der Waals surface area contributed by atoms with E-state index in [1.165, 1.54) is 0 Å². The first-order chi connectivity index (χ1) is 9.24. The number of carbonyl (C=O) groups is 1. The zero-order valence-electron chi connectivity index (χ0n) is 10.4. The number of azide groups is 1. The molecule has 5 heteroatoms. The summed E-state index contributed by atoms with van der Waals surface area (Å²) >= 11 is 0. The maximum Gasteiger partial charge on any atom is 0.251 e. The summed E-state index contributed by atoms with van der Waals surface area (Å²) in [6.07, 6.45) is 0. The molecule has 2 aromatic rings. The molecule has 0 saturated carbocycles. The Hall–Kier alpha value is -2.78. The molecular weight excluding hydrogens is 240 g/mol. The highest BCUT2D eigenvalue weighted by Gasteiger charge is 2.04. The number of carbonyl (C=O) groups excluding carboxylic acids is 1. The summed E-state index contributed by atoms with van der Waals surface area (Å²) in [4.78, 5) is 14.3. The molecule has 1 amide bonds. The highest BCUT2D eigenvalue weighted by Crippen LogP contribution is 2.23. The molecule has 0 aliphatic rings. The molecule has 0 saturated heterocycles. The van der Waals surface area contributed by atoms with E-state index in [0.29, 0.717) is 11.3 Å². The van der Waals surface area contributed by atoms with Crippen molar-refractivity contribution in [3.63, 3.8) is 0 Å². The molecule has 0 fully saturated rings. The summed E-state index contributed by atoms with van der Waals surface area (Å²) in [6, 6.07) is 14.5. The summed E-state index contributed by atoms with van der Waals surface area (Å²) in [5.74, 6) is -0.118. The number of hydrogen-bond donors (Lipinski definition) is 1. The van der Waals surface area contributed by atoms with Crippen molar-refractivity contribution in [1.82, 2.24) is 5.32 Å². The van der Waals surface area contributed by atoms with Crippen LogP contribution in [0.3, 0.4) is 0 Å². The lowest BCUT2D eigenvalue weighted by molar-refractivity contribution is 0.0963. The number of hydrogen-bond acceptors (Lipinski definition) is 2. The molecular formula is C14H12N4O. The molecule has 0 atom stereocenters. The van der Waals surface area contributed by atoms with E-state index in [1.54, 1.807) is 25.2 Å². The van der Waals surface area contributed by atoms with Gasteiger partial charge in [-0.1, -0.05) is 41.5 Å². The fourth-order valence-electron chi connectivity index (χ4n) is 1.76. The molecule has 2 rings (SSSR count). The molecule has 94 valence electrons. The van der Waals surface area contributed by atoms with Gasteiger partial charge in [0.25, 0.3) is 5.91 Å². The van der Waals surface area contributed by atoms with Crippen molar-refractivity contribution in [2.75, 3.05) is 7.05 Å². The Balaban J connectivity index is 2.36. The van der Waals surface area contributed by atoms with Gasteiger partial charge >= 0.3 is 0 Å². The van der Waals surface area contributed by atoms with Gasteiger partial charge in [0.1, 0.15) is 0 Å². The number of nitrogens with zero attached hydrogens (tertiary/aromatic N) is 3. The molecule has 1 N–H and O–H groups in total. The lowest BCUT2D eigenvalue weighted by Crippen LogP contribution is -2.17. The third kappa shape index (κ3) is 2.91. The SMILES string of the molecule is CNC(=O)c1cccc(-c2ccc(N=[N+]=[N-])cc2)c1. The van der Waals surface area contributed by atoms with Crippen molar-refractivity contribution in [3.8, 4) is 11.1 Å². The van der Waals surface area contributed by atoms with E-state index in [1.807, 2.05) is 30.3 Å². The quantitative estimate of drug-likeness (QED) is 0.505. The van der Waals surface area contributed by atoms with Gasteiger partial charge in [0.05, 0.1) is 0 Å². The molecule has 0 heterocycles. The highest BCUT2D eigenvalue weighted by atomic mass is 16.1. The molecule has 0 aliphatic heterocycles. The monoisotopic (exact) mass is 252 g/mol. The molecule has 0 aliphatic carbocycles. The molecule has 5 nitrogen and oxygen atoms in total. The Morgan fingerprint density at radius 1 is 1.16 bits per heavy atom. The largest absolute Gasteiger partial charge is 0.355 e. The van der Waals surface area contributed by atoms with Gasteiger partial charge < -0.3 is 5.32 Å². The van der Waals surface area contributed by atoms with Crippen LogP contribution in [0.2, 0.25) is 0 Å². The van der Waals surface area contributed by atoms with Gasteiger partial charge in [-0.2, -0.15) is 0 Å². The smallest absolute Gasteiger partial charge is 0.251 e. The van der Waals surface area contributed by atoms with Crippen LogP contribution in [-0.2, 0) is 0 Å². The summed E-state index contributed by atoms with van der Waals surface area (Å²) < 4.78 is 0. The normalized spacial score (nSPS) is 9.53. The molecule has 2 aromatic carbocycles. The van der Waals surface area contributed by atoms with Crippen LogP contribution < -0.4 is 5.32 Å². The van der Waals surface area contributed by atoms with E-state index in [0.717, 1.165) is 11.1 Å². The van der Waals surface area contributed by atoms with Crippen molar-refractivity contribution in [3.05, 3.63) is 64.5 Å². The Morgan fingerprint density at radius 3 is 2.53 bits per heavy atom. The first-order valence-electron chi connectivity index (χ1n) is 5.72. The van der Waals surface area contributed by atoms with E-state index >= 15 is 0 Å². The van der Waals surface area contributed by atoms with E-state index in [9.17, 15) is 4.79 Å². The van der Waals surface area contributed by atoms with E-state index in [4.69, 9.17) is 5.53 Å². The van der Waals surface area contributed by atoms with Crippen LogP contribution in [0.4, 0.5) is 5.69 Å². The number of nitrogens with one attached hydrogen (secondary N) is 1. The Morgan fingerprint density at radius 2 is 1.89 bits per heavy atom. The average Bonchev–Trinajstić information content (AvgIpc) is 2.48. The van der Waals surface area contributed by atoms with Crippen molar-refractivity contribution in [2.45, 2.75) is 0 Å². The molecule has 0 spiro atoms. The summed E-state index contributed by atoms with van der Waals surface area (Å²) in [6.45, 7) is 0. The number of benzene rings is 2. The number of amides is 1. The van der Waals surface area contributed by atoms with E-state index in [-0.39, 0.29) is 5.91 Å². The van der Waals surface area contributed by atoms with Crippen molar-refractivity contribution >= 4 is 11.6 Å². The van der Waals surface area contributed by atoms with E-state index in [2.05, 4.69) is 15.3 Å². The van der Waals surface area contributed by atoms with Crippen LogP contribution in [0.25, 0.3) is 21.6 Å². The van der Waals surface area contributed by atoms with Gasteiger partial charge in [-0.15, -0.1) is 0 Å². The van der Waals surface area contributed by atoms with Crippen LogP contribution >= 0.6 is 0 Å². The second-order valence-electron chi connectivity index (χ2n) is 3.90. The topological polar surface area (TPSA) is 77.9 Å². The maximum absolute atomic E-state index is 11.6. The molecule has 0 radical (unpaired) electrons. The lowest BCUT2D eigenvalue weighted by atomic mass is 10.0. The predicted octanol–water partition coefficient (Wildman–Crippen LogP) is 3.66. The Labute approximate surface area is 110 Å². The van der Waals surface area contributed by atoms with Crippen LogP contribution in [0.15, 0.2) is 53.6 Å². The fraction of sp³-hybridized carbons (Fsp3) is 0.0714. The predicted molar refractivity (Wildman–Crippen MR) is 74.1 cm³/mol. The maximum atomic E-state index is 11.6.